The number of sulfonamides is 1. The molecule has 0 radical (unpaired) electrons. The van der Waals surface area contributed by atoms with Gasteiger partial charge in [-0.2, -0.15) is 0 Å². The van der Waals surface area contributed by atoms with Crippen molar-refractivity contribution in [3.05, 3.63) is 33.3 Å². The summed E-state index contributed by atoms with van der Waals surface area (Å²) in [5.74, 6) is 0.0537. The van der Waals surface area contributed by atoms with Crippen LogP contribution in [0.3, 0.4) is 0 Å². The molecule has 0 spiro atoms. The van der Waals surface area contributed by atoms with E-state index in [0.29, 0.717) is 13.0 Å². The Balaban J connectivity index is 2.35. The fraction of sp³-hybridized carbons (Fsp3) is 0.500. The van der Waals surface area contributed by atoms with Gasteiger partial charge in [0.05, 0.1) is 4.92 Å². The molecule has 116 valence electrons. The van der Waals surface area contributed by atoms with Crippen molar-refractivity contribution in [1.82, 2.24) is 4.72 Å². The van der Waals surface area contributed by atoms with Gasteiger partial charge < -0.3 is 5.73 Å². The first-order chi connectivity index (χ1) is 9.85. The van der Waals surface area contributed by atoms with Crippen LogP contribution in [0.4, 0.5) is 5.69 Å². The number of nitrogens with zero attached hydrogens (tertiary/aromatic N) is 1. The summed E-state index contributed by atoms with van der Waals surface area (Å²) in [6.07, 6.45) is 2.41. The average Bonchev–Trinajstić information content (AvgIpc) is 2.84. The largest absolute Gasteiger partial charge is 0.330 e. The van der Waals surface area contributed by atoms with Gasteiger partial charge in [-0.05, 0) is 37.4 Å². The van der Waals surface area contributed by atoms with E-state index in [1.165, 1.54) is 6.07 Å². The third-order valence-electron chi connectivity index (χ3n) is 3.68. The minimum Gasteiger partial charge on any atom is -0.330 e. The quantitative estimate of drug-likeness (QED) is 0.628. The molecule has 2 rings (SSSR count). The number of nitrogens with one attached hydrogen (secondary N) is 1. The SMILES string of the molecule is NC[C@@H]1CCC[C@@H]1NS(=O)(=O)c1cc(Cl)ccc1[N+](=O)[O-]. The number of hydrogen-bond acceptors (Lipinski definition) is 5. The van der Waals surface area contributed by atoms with Crippen LogP contribution in [-0.2, 0) is 10.0 Å². The third-order valence-corrected chi connectivity index (χ3v) is 5.43. The van der Waals surface area contributed by atoms with E-state index in [9.17, 15) is 18.5 Å². The minimum atomic E-state index is -4.02. The molecule has 1 aromatic carbocycles. The van der Waals surface area contributed by atoms with Crippen LogP contribution in [0, 0.1) is 16.0 Å². The van der Waals surface area contributed by atoms with Crippen molar-refractivity contribution in [2.75, 3.05) is 6.54 Å². The van der Waals surface area contributed by atoms with Crippen LogP contribution in [0.25, 0.3) is 0 Å². The lowest BCUT2D eigenvalue weighted by molar-refractivity contribution is -0.387. The second-order valence-electron chi connectivity index (χ2n) is 5.02. The van der Waals surface area contributed by atoms with Gasteiger partial charge in [0, 0.05) is 17.1 Å². The molecule has 1 saturated carbocycles. The predicted molar refractivity (Wildman–Crippen MR) is 78.6 cm³/mol. The number of benzene rings is 1. The minimum absolute atomic E-state index is 0.0537. The van der Waals surface area contributed by atoms with E-state index in [1.807, 2.05) is 0 Å². The van der Waals surface area contributed by atoms with Gasteiger partial charge in [0.15, 0.2) is 4.90 Å². The van der Waals surface area contributed by atoms with Crippen molar-refractivity contribution in [2.24, 2.45) is 11.7 Å². The molecule has 0 unspecified atom stereocenters. The molecular weight excluding hydrogens is 318 g/mol. The monoisotopic (exact) mass is 333 g/mol. The van der Waals surface area contributed by atoms with Crippen LogP contribution in [0.1, 0.15) is 19.3 Å². The molecule has 7 nitrogen and oxygen atoms in total. The summed E-state index contributed by atoms with van der Waals surface area (Å²) in [4.78, 5) is 9.84. The zero-order chi connectivity index (χ0) is 15.6. The lowest BCUT2D eigenvalue weighted by Gasteiger charge is -2.19. The maximum Gasteiger partial charge on any atom is 0.289 e. The Labute approximate surface area is 127 Å². The summed E-state index contributed by atoms with van der Waals surface area (Å²) in [7, 11) is -4.02. The molecule has 9 heteroatoms. The smallest absolute Gasteiger partial charge is 0.289 e. The van der Waals surface area contributed by atoms with Crippen LogP contribution in [-0.4, -0.2) is 25.9 Å². The highest BCUT2D eigenvalue weighted by molar-refractivity contribution is 7.89. The molecule has 1 aliphatic rings. The van der Waals surface area contributed by atoms with E-state index in [-0.39, 0.29) is 17.0 Å². The Bertz CT molecular complexity index is 650. The van der Waals surface area contributed by atoms with Crippen molar-refractivity contribution in [3.63, 3.8) is 0 Å². The molecule has 0 aromatic heterocycles. The second kappa shape index (κ2) is 6.27. The molecule has 1 aromatic rings. The summed E-state index contributed by atoms with van der Waals surface area (Å²) in [5, 5.41) is 11.1. The zero-order valence-corrected chi connectivity index (χ0v) is 12.7. The summed E-state index contributed by atoms with van der Waals surface area (Å²) in [5.41, 5.74) is 5.13. The van der Waals surface area contributed by atoms with E-state index in [2.05, 4.69) is 4.72 Å². The van der Waals surface area contributed by atoms with Crippen molar-refractivity contribution in [1.29, 1.82) is 0 Å². The highest BCUT2D eigenvalue weighted by Gasteiger charge is 2.33. The zero-order valence-electron chi connectivity index (χ0n) is 11.2. The number of nitrogens with two attached hydrogens (primary N) is 1. The Morgan fingerprint density at radius 1 is 1.43 bits per heavy atom. The highest BCUT2D eigenvalue weighted by atomic mass is 35.5. The second-order valence-corrected chi connectivity index (χ2v) is 7.14. The molecule has 1 aliphatic carbocycles. The molecule has 1 fully saturated rings. The van der Waals surface area contributed by atoms with Crippen LogP contribution < -0.4 is 10.5 Å². The summed E-state index contributed by atoms with van der Waals surface area (Å²) >= 11 is 5.77. The number of rotatable bonds is 5. The fourth-order valence-corrected chi connectivity index (χ4v) is 4.36. The van der Waals surface area contributed by atoms with E-state index in [0.717, 1.165) is 25.0 Å². The summed E-state index contributed by atoms with van der Waals surface area (Å²) in [6.45, 7) is 0.380. The van der Waals surface area contributed by atoms with Gasteiger partial charge in [0.25, 0.3) is 5.69 Å². The lowest BCUT2D eigenvalue weighted by atomic mass is 10.1. The highest BCUT2D eigenvalue weighted by Crippen LogP contribution is 2.30. The normalized spacial score (nSPS) is 22.4. The average molecular weight is 334 g/mol. The molecule has 2 atom stereocenters. The number of halogens is 1. The number of nitro groups is 1. The van der Waals surface area contributed by atoms with Crippen LogP contribution >= 0.6 is 11.6 Å². The van der Waals surface area contributed by atoms with Crippen LogP contribution in [0.15, 0.2) is 23.1 Å². The molecule has 21 heavy (non-hydrogen) atoms. The maximum atomic E-state index is 12.4. The van der Waals surface area contributed by atoms with Gasteiger partial charge in [-0.3, -0.25) is 10.1 Å². The van der Waals surface area contributed by atoms with E-state index < -0.39 is 25.5 Å². The Morgan fingerprint density at radius 3 is 2.76 bits per heavy atom. The Hall–Kier alpha value is -1.22. The van der Waals surface area contributed by atoms with Gasteiger partial charge in [0.1, 0.15) is 0 Å². The number of hydrogen-bond donors (Lipinski definition) is 2. The van der Waals surface area contributed by atoms with Crippen molar-refractivity contribution >= 4 is 27.3 Å². The fourth-order valence-electron chi connectivity index (χ4n) is 2.59. The van der Waals surface area contributed by atoms with E-state index in [1.54, 1.807) is 0 Å². The maximum absolute atomic E-state index is 12.4. The van der Waals surface area contributed by atoms with Crippen LogP contribution in [0.2, 0.25) is 5.02 Å². The predicted octanol–water partition coefficient (Wildman–Crippen LogP) is 1.65. The first-order valence-corrected chi connectivity index (χ1v) is 8.37. The van der Waals surface area contributed by atoms with Crippen molar-refractivity contribution in [3.8, 4) is 0 Å². The van der Waals surface area contributed by atoms with Gasteiger partial charge in [-0.15, -0.1) is 0 Å². The van der Waals surface area contributed by atoms with Gasteiger partial charge in [0.2, 0.25) is 10.0 Å². The third kappa shape index (κ3) is 3.52. The summed E-state index contributed by atoms with van der Waals surface area (Å²) in [6, 6.07) is 3.18. The molecule has 0 saturated heterocycles. The van der Waals surface area contributed by atoms with Gasteiger partial charge in [-0.25, -0.2) is 13.1 Å². The number of nitro benzene ring substituents is 1. The first kappa shape index (κ1) is 16.2. The standard InChI is InChI=1S/C12H16ClN3O4S/c13-9-4-5-11(16(17)18)12(6-9)21(19,20)15-10-3-1-2-8(10)7-14/h4-6,8,10,15H,1-3,7,14H2/t8-,10-/m0/s1. The molecular formula is C12H16ClN3O4S. The molecule has 3 N–H and O–H groups in total. The Kier molecular flexibility index (Phi) is 4.82. The lowest BCUT2D eigenvalue weighted by Crippen LogP contribution is -2.40. The van der Waals surface area contributed by atoms with Crippen LogP contribution in [0.5, 0.6) is 0 Å². The molecule has 0 heterocycles. The van der Waals surface area contributed by atoms with E-state index in [4.69, 9.17) is 17.3 Å². The molecule has 0 amide bonds. The first-order valence-electron chi connectivity index (χ1n) is 6.51. The van der Waals surface area contributed by atoms with Gasteiger partial charge >= 0.3 is 0 Å². The summed E-state index contributed by atoms with van der Waals surface area (Å²) < 4.78 is 27.3. The van der Waals surface area contributed by atoms with Crippen molar-refractivity contribution in [2.45, 2.75) is 30.2 Å². The molecule has 0 aliphatic heterocycles. The topological polar surface area (TPSA) is 115 Å². The Morgan fingerprint density at radius 2 is 2.14 bits per heavy atom. The van der Waals surface area contributed by atoms with E-state index >= 15 is 0 Å². The molecule has 0 bridgehead atoms. The van der Waals surface area contributed by atoms with Gasteiger partial charge in [-0.1, -0.05) is 18.0 Å². The van der Waals surface area contributed by atoms with Crippen molar-refractivity contribution < 1.29 is 13.3 Å².